The van der Waals surface area contributed by atoms with Gasteiger partial charge in [-0.05, 0) is 64.3 Å². The van der Waals surface area contributed by atoms with E-state index in [1.807, 2.05) is 26.1 Å². The molecule has 0 saturated carbocycles. The molecule has 0 bridgehead atoms. The minimum Gasteiger partial charge on any atom is -0.497 e. The van der Waals surface area contributed by atoms with Crippen LogP contribution in [-0.4, -0.2) is 47.3 Å². The molecule has 2 heterocycles. The van der Waals surface area contributed by atoms with E-state index < -0.39 is 0 Å². The van der Waals surface area contributed by atoms with E-state index in [-0.39, 0.29) is 5.78 Å². The molecule has 3 rings (SSSR count). The molecule has 1 aliphatic rings. The van der Waals surface area contributed by atoms with E-state index in [9.17, 15) is 4.79 Å². The molecule has 5 nitrogen and oxygen atoms in total. The molecule has 1 aromatic heterocycles. The highest BCUT2D eigenvalue weighted by Gasteiger charge is 2.20. The van der Waals surface area contributed by atoms with Crippen molar-refractivity contribution in [3.63, 3.8) is 0 Å². The summed E-state index contributed by atoms with van der Waals surface area (Å²) < 4.78 is 5.39. The van der Waals surface area contributed by atoms with Gasteiger partial charge in [0, 0.05) is 60.2 Å². The number of nitrogens with one attached hydrogen (secondary N) is 1. The molecule has 0 radical (unpaired) electrons. The van der Waals surface area contributed by atoms with Gasteiger partial charge in [0.15, 0.2) is 5.78 Å². The number of ether oxygens (including phenoxy) is 1. The van der Waals surface area contributed by atoms with E-state index in [4.69, 9.17) is 4.74 Å². The molecule has 0 aliphatic carbocycles. The smallest absolute Gasteiger partial charge is 0.156 e. The maximum atomic E-state index is 11.6. The van der Waals surface area contributed by atoms with Crippen LogP contribution in [-0.2, 0) is 17.8 Å². The second kappa shape index (κ2) is 9.31. The number of hydrogen-bond donors (Lipinski definition) is 1. The molecule has 1 aliphatic heterocycles. The monoisotopic (exact) mass is 395 g/mol. The first kappa shape index (κ1) is 21.2. The number of rotatable bonds is 8. The fourth-order valence-corrected chi connectivity index (χ4v) is 3.89. The van der Waals surface area contributed by atoms with Gasteiger partial charge in [-0.1, -0.05) is 6.08 Å². The summed E-state index contributed by atoms with van der Waals surface area (Å²) >= 11 is 0. The lowest BCUT2D eigenvalue weighted by molar-refractivity contribution is -0.113. The number of carbonyl (C=O) groups is 1. The number of carbonyl (C=O) groups excluding carboxylic acids is 1. The lowest BCUT2D eigenvalue weighted by Gasteiger charge is -2.28. The molecule has 1 aromatic carbocycles. The number of aromatic nitrogens is 1. The van der Waals surface area contributed by atoms with Crippen LogP contribution >= 0.6 is 0 Å². The zero-order valence-electron chi connectivity index (χ0n) is 18.3. The summed E-state index contributed by atoms with van der Waals surface area (Å²) in [5.74, 6) is 1.04. The molecule has 29 heavy (non-hydrogen) atoms. The van der Waals surface area contributed by atoms with E-state index in [0.29, 0.717) is 0 Å². The highest BCUT2D eigenvalue weighted by atomic mass is 16.5. The number of Topliss-reactive ketones (excluding diaryl/α,β-unsaturated/α-hetero) is 1. The van der Waals surface area contributed by atoms with Crippen molar-refractivity contribution in [2.45, 2.75) is 47.1 Å². The zero-order chi connectivity index (χ0) is 21.0. The van der Waals surface area contributed by atoms with Crippen LogP contribution in [0.4, 0.5) is 0 Å². The Labute approximate surface area is 174 Å². The van der Waals surface area contributed by atoms with Crippen molar-refractivity contribution in [3.8, 4) is 5.75 Å². The van der Waals surface area contributed by atoms with Crippen molar-refractivity contribution < 1.29 is 9.53 Å². The van der Waals surface area contributed by atoms with Crippen LogP contribution < -0.4 is 4.74 Å². The van der Waals surface area contributed by atoms with Crippen LogP contribution in [0.1, 0.15) is 45.4 Å². The first-order chi connectivity index (χ1) is 13.9. The summed E-state index contributed by atoms with van der Waals surface area (Å²) in [5, 5.41) is 1.29. The van der Waals surface area contributed by atoms with E-state index in [0.717, 1.165) is 50.3 Å². The van der Waals surface area contributed by atoms with Crippen LogP contribution in [0.15, 0.2) is 41.7 Å². The van der Waals surface area contributed by atoms with Crippen molar-refractivity contribution in [2.24, 2.45) is 0 Å². The Balaban J connectivity index is 1.62. The largest absolute Gasteiger partial charge is 0.497 e. The first-order valence-electron chi connectivity index (χ1n) is 10.4. The number of aromatic amines is 1. The van der Waals surface area contributed by atoms with Crippen molar-refractivity contribution in [3.05, 3.63) is 53.0 Å². The Morgan fingerprint density at radius 3 is 2.79 bits per heavy atom. The molecule has 5 heteroatoms. The molecule has 0 saturated heterocycles. The number of nitrogens with zero attached hydrogens (tertiary/aromatic N) is 2. The molecular weight excluding hydrogens is 362 g/mol. The number of ketones is 1. The molecule has 0 fully saturated rings. The Morgan fingerprint density at radius 2 is 2.10 bits per heavy atom. The van der Waals surface area contributed by atoms with Crippen LogP contribution in [0.25, 0.3) is 10.9 Å². The number of benzene rings is 1. The highest BCUT2D eigenvalue weighted by molar-refractivity contribution is 5.92. The predicted octanol–water partition coefficient (Wildman–Crippen LogP) is 4.64. The van der Waals surface area contributed by atoms with Crippen molar-refractivity contribution >= 4 is 16.7 Å². The number of allylic oxidation sites excluding steroid dienone is 3. The van der Waals surface area contributed by atoms with Crippen LogP contribution in [0.3, 0.4) is 0 Å². The third-order valence-electron chi connectivity index (χ3n) is 5.91. The topological polar surface area (TPSA) is 48.6 Å². The van der Waals surface area contributed by atoms with Gasteiger partial charge in [-0.2, -0.15) is 0 Å². The summed E-state index contributed by atoms with van der Waals surface area (Å²) in [6.45, 7) is 11.6. The van der Waals surface area contributed by atoms with Gasteiger partial charge in [0.05, 0.1) is 7.11 Å². The molecule has 1 N–H and O–H groups in total. The number of H-pyrrole nitrogens is 1. The Bertz CT molecular complexity index is 939. The Kier molecular flexibility index (Phi) is 6.80. The van der Waals surface area contributed by atoms with Gasteiger partial charge < -0.3 is 14.6 Å². The van der Waals surface area contributed by atoms with Gasteiger partial charge >= 0.3 is 0 Å². The first-order valence-corrected chi connectivity index (χ1v) is 10.4. The maximum Gasteiger partial charge on any atom is 0.156 e. The van der Waals surface area contributed by atoms with Gasteiger partial charge in [0.1, 0.15) is 5.75 Å². The van der Waals surface area contributed by atoms with Crippen molar-refractivity contribution in [2.75, 3.05) is 26.7 Å². The van der Waals surface area contributed by atoms with Crippen molar-refractivity contribution in [1.82, 2.24) is 14.8 Å². The maximum absolute atomic E-state index is 11.6. The normalized spacial score (nSPS) is 15.5. The second-order valence-electron chi connectivity index (χ2n) is 7.87. The van der Waals surface area contributed by atoms with Crippen LogP contribution in [0.2, 0.25) is 0 Å². The van der Waals surface area contributed by atoms with E-state index >= 15 is 0 Å². The summed E-state index contributed by atoms with van der Waals surface area (Å²) in [6.07, 6.45) is 6.19. The SMILES string of the molecule is C/C=C(\C)N(/C=C(\C)C(C)=O)CCCN1CCc2c([nH]c3ccc(OC)cc23)C1. The van der Waals surface area contributed by atoms with E-state index in [1.165, 1.54) is 27.9 Å². The third kappa shape index (κ3) is 4.91. The average Bonchev–Trinajstić information content (AvgIpc) is 3.08. The quantitative estimate of drug-likeness (QED) is 0.662. The summed E-state index contributed by atoms with van der Waals surface area (Å²) in [5.41, 5.74) is 5.92. The lowest BCUT2D eigenvalue weighted by Crippen LogP contribution is -2.32. The Morgan fingerprint density at radius 1 is 1.31 bits per heavy atom. The molecule has 2 aromatic rings. The molecule has 0 atom stereocenters. The molecule has 0 spiro atoms. The third-order valence-corrected chi connectivity index (χ3v) is 5.91. The summed E-state index contributed by atoms with van der Waals surface area (Å²) in [6, 6.07) is 6.26. The number of methoxy groups -OCH3 is 1. The van der Waals surface area contributed by atoms with Crippen LogP contribution in [0.5, 0.6) is 5.75 Å². The molecule has 0 unspecified atom stereocenters. The molecule has 156 valence electrons. The fraction of sp³-hybridized carbons (Fsp3) is 0.458. The Hall–Kier alpha value is -2.53. The summed E-state index contributed by atoms with van der Waals surface area (Å²) in [7, 11) is 1.72. The standard InChI is InChI=1S/C24H33N3O2/c1-6-18(3)27(15-17(2)19(4)28)12-7-11-26-13-10-21-22-14-20(29-5)8-9-23(22)25-24(21)16-26/h6,8-9,14-15,25H,7,10-13,16H2,1-5H3/b17-15+,18-6+. The predicted molar refractivity (Wildman–Crippen MR) is 119 cm³/mol. The lowest BCUT2D eigenvalue weighted by atomic mass is 10.0. The van der Waals surface area contributed by atoms with Gasteiger partial charge in [-0.15, -0.1) is 0 Å². The zero-order valence-corrected chi connectivity index (χ0v) is 18.3. The van der Waals surface area contributed by atoms with Gasteiger partial charge in [0.25, 0.3) is 0 Å². The summed E-state index contributed by atoms with van der Waals surface area (Å²) in [4.78, 5) is 19.9. The highest BCUT2D eigenvalue weighted by Crippen LogP contribution is 2.30. The molecule has 0 amide bonds. The van der Waals surface area contributed by atoms with Gasteiger partial charge in [-0.3, -0.25) is 9.69 Å². The number of fused-ring (bicyclic) bond motifs is 3. The van der Waals surface area contributed by atoms with E-state index in [2.05, 4.69) is 39.9 Å². The van der Waals surface area contributed by atoms with Crippen LogP contribution in [0, 0.1) is 0 Å². The second-order valence-corrected chi connectivity index (χ2v) is 7.87. The van der Waals surface area contributed by atoms with Gasteiger partial charge in [0.2, 0.25) is 0 Å². The minimum absolute atomic E-state index is 0.123. The van der Waals surface area contributed by atoms with E-state index in [1.54, 1.807) is 14.0 Å². The molecular formula is C24H33N3O2. The average molecular weight is 396 g/mol. The number of hydrogen-bond acceptors (Lipinski definition) is 4. The fourth-order valence-electron chi connectivity index (χ4n) is 3.89. The van der Waals surface area contributed by atoms with Gasteiger partial charge in [-0.25, -0.2) is 0 Å². The minimum atomic E-state index is 0.123. The van der Waals surface area contributed by atoms with Crippen molar-refractivity contribution in [1.29, 1.82) is 0 Å².